The molecule has 0 spiro atoms. The topological polar surface area (TPSA) is 96.0 Å². The van der Waals surface area contributed by atoms with Crippen LogP contribution in [0.15, 0.2) is 77.7 Å². The average molecular weight is 558 g/mol. The van der Waals surface area contributed by atoms with Crippen molar-refractivity contribution >= 4 is 39.1 Å². The van der Waals surface area contributed by atoms with Crippen molar-refractivity contribution in [3.8, 4) is 5.75 Å². The Balaban J connectivity index is 2.02. The molecular weight excluding hydrogens is 526 g/mol. The number of aryl methyl sites for hydroxylation is 1. The van der Waals surface area contributed by atoms with E-state index in [0.717, 1.165) is 15.4 Å². The van der Waals surface area contributed by atoms with E-state index >= 15 is 0 Å². The maximum absolute atomic E-state index is 13.8. The van der Waals surface area contributed by atoms with Gasteiger partial charge in [0.15, 0.2) is 0 Å². The van der Waals surface area contributed by atoms with E-state index in [1.165, 1.54) is 23.1 Å². The third-order valence-corrected chi connectivity index (χ3v) is 8.04. The molecule has 202 valence electrons. The Bertz CT molecular complexity index is 1360. The van der Waals surface area contributed by atoms with Crippen LogP contribution in [0.4, 0.5) is 5.69 Å². The first-order valence-electron chi connectivity index (χ1n) is 12.1. The molecule has 1 atom stereocenters. The van der Waals surface area contributed by atoms with Crippen LogP contribution in [0.3, 0.4) is 0 Å². The van der Waals surface area contributed by atoms with Gasteiger partial charge in [0.05, 0.1) is 17.7 Å². The molecule has 0 aliphatic heterocycles. The van der Waals surface area contributed by atoms with Crippen LogP contribution in [0.5, 0.6) is 5.75 Å². The molecule has 0 saturated heterocycles. The lowest BCUT2D eigenvalue weighted by atomic mass is 10.1. The zero-order valence-electron chi connectivity index (χ0n) is 21.8. The Morgan fingerprint density at radius 1 is 1.03 bits per heavy atom. The van der Waals surface area contributed by atoms with Gasteiger partial charge in [0.25, 0.3) is 10.0 Å². The van der Waals surface area contributed by atoms with Gasteiger partial charge in [-0.1, -0.05) is 47.5 Å². The van der Waals surface area contributed by atoms with Crippen molar-refractivity contribution in [1.82, 2.24) is 10.2 Å². The van der Waals surface area contributed by atoms with Gasteiger partial charge in [-0.15, -0.1) is 0 Å². The van der Waals surface area contributed by atoms with Crippen LogP contribution in [-0.4, -0.2) is 51.4 Å². The molecule has 0 heterocycles. The lowest BCUT2D eigenvalue weighted by molar-refractivity contribution is -0.139. The van der Waals surface area contributed by atoms with Gasteiger partial charge >= 0.3 is 0 Å². The third kappa shape index (κ3) is 7.05. The first-order chi connectivity index (χ1) is 18.1. The highest BCUT2D eigenvalue weighted by atomic mass is 35.5. The number of rotatable bonds is 11. The van der Waals surface area contributed by atoms with Gasteiger partial charge in [-0.25, -0.2) is 8.42 Å². The van der Waals surface area contributed by atoms with Crippen LogP contribution >= 0.6 is 11.6 Å². The smallest absolute Gasteiger partial charge is 0.264 e. The number of amides is 2. The lowest BCUT2D eigenvalue weighted by Crippen LogP contribution is -2.51. The number of nitrogens with zero attached hydrogens (tertiary/aromatic N) is 2. The summed E-state index contributed by atoms with van der Waals surface area (Å²) in [4.78, 5) is 28.0. The normalized spacial score (nSPS) is 11.9. The SMILES string of the molecule is CCNC(=O)[C@@H](C)N(Cc1ccc(OC)cc1)C(=O)CN(c1cccc(Cl)c1)S(=O)(=O)c1ccc(C)cc1. The zero-order valence-corrected chi connectivity index (χ0v) is 23.4. The van der Waals surface area contributed by atoms with Crippen LogP contribution in [-0.2, 0) is 26.2 Å². The number of carbonyl (C=O) groups excluding carboxylic acids is 2. The number of ether oxygens (including phenoxy) is 1. The second kappa shape index (κ2) is 12.8. The van der Waals surface area contributed by atoms with Crippen molar-refractivity contribution in [2.75, 3.05) is 24.5 Å². The first-order valence-corrected chi connectivity index (χ1v) is 13.9. The second-order valence-corrected chi connectivity index (χ2v) is 11.0. The summed E-state index contributed by atoms with van der Waals surface area (Å²) in [5.41, 5.74) is 1.89. The molecule has 0 aliphatic carbocycles. The Kier molecular flexibility index (Phi) is 9.77. The number of carbonyl (C=O) groups is 2. The molecule has 0 bridgehead atoms. The number of benzene rings is 3. The standard InChI is InChI=1S/C28H32ClN3O5S/c1-5-30-28(34)21(3)31(18-22-11-13-25(37-4)14-12-22)27(33)19-32(24-8-6-7-23(29)17-24)38(35,36)26-15-9-20(2)10-16-26/h6-17,21H,5,18-19H2,1-4H3,(H,30,34)/t21-/m1/s1. The molecule has 2 amide bonds. The minimum absolute atomic E-state index is 0.0364. The van der Waals surface area contributed by atoms with E-state index in [-0.39, 0.29) is 23.0 Å². The monoisotopic (exact) mass is 557 g/mol. The number of hydrogen-bond acceptors (Lipinski definition) is 5. The molecule has 8 nitrogen and oxygen atoms in total. The van der Waals surface area contributed by atoms with Gasteiger partial charge in [0.2, 0.25) is 11.8 Å². The molecule has 0 fully saturated rings. The van der Waals surface area contributed by atoms with Crippen molar-refractivity contribution in [2.45, 2.75) is 38.3 Å². The Labute approximate surface area is 229 Å². The van der Waals surface area contributed by atoms with Crippen molar-refractivity contribution in [3.63, 3.8) is 0 Å². The van der Waals surface area contributed by atoms with Crippen LogP contribution in [0.1, 0.15) is 25.0 Å². The van der Waals surface area contributed by atoms with E-state index in [9.17, 15) is 18.0 Å². The van der Waals surface area contributed by atoms with Crippen molar-refractivity contribution in [1.29, 1.82) is 0 Å². The van der Waals surface area contributed by atoms with Crippen molar-refractivity contribution in [3.05, 3.63) is 88.9 Å². The molecule has 3 rings (SSSR count). The quantitative estimate of drug-likeness (QED) is 0.377. The molecule has 1 N–H and O–H groups in total. The zero-order chi connectivity index (χ0) is 27.9. The molecule has 0 radical (unpaired) electrons. The van der Waals surface area contributed by atoms with Gasteiger partial charge in [-0.3, -0.25) is 13.9 Å². The molecule has 0 aromatic heterocycles. The van der Waals surface area contributed by atoms with E-state index in [0.29, 0.717) is 17.3 Å². The Morgan fingerprint density at radius 2 is 1.68 bits per heavy atom. The Hall–Kier alpha value is -3.56. The molecule has 0 aliphatic rings. The summed E-state index contributed by atoms with van der Waals surface area (Å²) in [5.74, 6) is -0.236. The average Bonchev–Trinajstić information content (AvgIpc) is 2.90. The fourth-order valence-electron chi connectivity index (χ4n) is 3.83. The van der Waals surface area contributed by atoms with Crippen LogP contribution < -0.4 is 14.4 Å². The molecule has 3 aromatic rings. The molecule has 0 unspecified atom stereocenters. The number of anilines is 1. The summed E-state index contributed by atoms with van der Waals surface area (Å²) >= 11 is 6.18. The minimum atomic E-state index is -4.14. The van der Waals surface area contributed by atoms with Gasteiger partial charge in [-0.2, -0.15) is 0 Å². The van der Waals surface area contributed by atoms with Crippen molar-refractivity contribution in [2.24, 2.45) is 0 Å². The van der Waals surface area contributed by atoms with E-state index in [1.807, 2.05) is 6.92 Å². The maximum atomic E-state index is 13.8. The first kappa shape index (κ1) is 29.0. The number of nitrogens with one attached hydrogen (secondary N) is 1. The largest absolute Gasteiger partial charge is 0.497 e. The predicted octanol–water partition coefficient (Wildman–Crippen LogP) is 4.41. The predicted molar refractivity (Wildman–Crippen MR) is 149 cm³/mol. The fourth-order valence-corrected chi connectivity index (χ4v) is 5.42. The summed E-state index contributed by atoms with van der Waals surface area (Å²) < 4.78 is 33.8. The van der Waals surface area contributed by atoms with E-state index in [1.54, 1.807) is 75.6 Å². The highest BCUT2D eigenvalue weighted by molar-refractivity contribution is 7.92. The molecular formula is C28H32ClN3O5S. The number of halogens is 1. The number of methoxy groups -OCH3 is 1. The number of sulfonamides is 1. The molecule has 10 heteroatoms. The second-order valence-electron chi connectivity index (χ2n) is 8.74. The summed E-state index contributed by atoms with van der Waals surface area (Å²) in [6, 6.07) is 18.9. The van der Waals surface area contributed by atoms with Gasteiger partial charge in [-0.05, 0) is 68.8 Å². The van der Waals surface area contributed by atoms with Gasteiger partial charge in [0, 0.05) is 18.1 Å². The van der Waals surface area contributed by atoms with Crippen molar-refractivity contribution < 1.29 is 22.7 Å². The molecule has 3 aromatic carbocycles. The fraction of sp³-hybridized carbons (Fsp3) is 0.286. The Morgan fingerprint density at radius 3 is 2.26 bits per heavy atom. The summed E-state index contributed by atoms with van der Waals surface area (Å²) in [6.45, 7) is 5.21. The van der Waals surface area contributed by atoms with E-state index in [4.69, 9.17) is 16.3 Å². The molecule has 38 heavy (non-hydrogen) atoms. The van der Waals surface area contributed by atoms with Gasteiger partial charge in [0.1, 0.15) is 18.3 Å². The van der Waals surface area contributed by atoms with E-state index in [2.05, 4.69) is 5.32 Å². The van der Waals surface area contributed by atoms with Gasteiger partial charge < -0.3 is 15.0 Å². The van der Waals surface area contributed by atoms with Crippen LogP contribution in [0, 0.1) is 6.92 Å². The van der Waals surface area contributed by atoms with E-state index < -0.39 is 28.5 Å². The summed E-state index contributed by atoms with van der Waals surface area (Å²) in [7, 11) is -2.59. The summed E-state index contributed by atoms with van der Waals surface area (Å²) in [5, 5.41) is 3.06. The third-order valence-electron chi connectivity index (χ3n) is 6.01. The van der Waals surface area contributed by atoms with Crippen LogP contribution in [0.2, 0.25) is 5.02 Å². The molecule has 0 saturated carbocycles. The number of hydrogen-bond donors (Lipinski definition) is 1. The maximum Gasteiger partial charge on any atom is 0.264 e. The van der Waals surface area contributed by atoms with Crippen LogP contribution in [0.25, 0.3) is 0 Å². The minimum Gasteiger partial charge on any atom is -0.497 e. The number of likely N-dealkylation sites (N-methyl/N-ethyl adjacent to an activating group) is 1. The lowest BCUT2D eigenvalue weighted by Gasteiger charge is -2.32. The highest BCUT2D eigenvalue weighted by Crippen LogP contribution is 2.27. The highest BCUT2D eigenvalue weighted by Gasteiger charge is 2.32. The summed E-state index contributed by atoms with van der Waals surface area (Å²) in [6.07, 6.45) is 0.